The average Bonchev–Trinajstić information content (AvgIpc) is 3.22. The summed E-state index contributed by atoms with van der Waals surface area (Å²) in [6.45, 7) is 9.78. The van der Waals surface area contributed by atoms with Crippen LogP contribution in [0.4, 0.5) is 0 Å². The van der Waals surface area contributed by atoms with Crippen LogP contribution >= 0.6 is 0 Å². The molecule has 1 heterocycles. The van der Waals surface area contributed by atoms with E-state index in [-0.39, 0.29) is 0 Å². The Bertz CT molecular complexity index is 638. The molecule has 0 spiro atoms. The van der Waals surface area contributed by atoms with Gasteiger partial charge in [0.05, 0.1) is 11.4 Å². The molecule has 1 aromatic heterocycles. The number of hydrogen-bond donors (Lipinski definition) is 1. The van der Waals surface area contributed by atoms with Crippen molar-refractivity contribution < 1.29 is 0 Å². The summed E-state index contributed by atoms with van der Waals surface area (Å²) < 4.78 is 2.09. The number of nitrogens with one attached hydrogen (secondary N) is 1. The summed E-state index contributed by atoms with van der Waals surface area (Å²) in [6, 6.07) is 9.30. The van der Waals surface area contributed by atoms with Crippen LogP contribution in [-0.4, -0.2) is 22.4 Å². The summed E-state index contributed by atoms with van der Waals surface area (Å²) in [7, 11) is 0. The summed E-state index contributed by atoms with van der Waals surface area (Å²) in [5, 5.41) is 8.40. The molecular weight excluding hydrogens is 258 g/mol. The Hall–Kier alpha value is -1.61. The standard InChI is InChI=1S/C18H25N3/c1-12-6-5-7-17(10-12)21-15(4)18(14(3)20-21)13(2)11-19-16-8-9-16/h5-7,10,13,16,19H,8-9,11H2,1-4H3. The summed E-state index contributed by atoms with van der Waals surface area (Å²) >= 11 is 0. The minimum Gasteiger partial charge on any atom is -0.313 e. The molecule has 1 aliphatic carbocycles. The molecule has 21 heavy (non-hydrogen) atoms. The van der Waals surface area contributed by atoms with Gasteiger partial charge in [0.2, 0.25) is 0 Å². The Morgan fingerprint density at radius 3 is 2.71 bits per heavy atom. The Morgan fingerprint density at radius 2 is 2.05 bits per heavy atom. The van der Waals surface area contributed by atoms with Crippen molar-refractivity contribution in [2.75, 3.05) is 6.54 Å². The molecule has 1 saturated carbocycles. The van der Waals surface area contributed by atoms with Crippen LogP contribution < -0.4 is 5.32 Å². The van der Waals surface area contributed by atoms with Crippen LogP contribution in [0.25, 0.3) is 5.69 Å². The van der Waals surface area contributed by atoms with E-state index in [9.17, 15) is 0 Å². The highest BCUT2D eigenvalue weighted by atomic mass is 15.3. The molecule has 1 N–H and O–H groups in total. The van der Waals surface area contributed by atoms with Crippen LogP contribution in [0.2, 0.25) is 0 Å². The lowest BCUT2D eigenvalue weighted by atomic mass is 9.99. The Morgan fingerprint density at radius 1 is 1.29 bits per heavy atom. The molecule has 3 heteroatoms. The van der Waals surface area contributed by atoms with E-state index in [2.05, 4.69) is 62.0 Å². The van der Waals surface area contributed by atoms with Crippen LogP contribution in [0, 0.1) is 20.8 Å². The first-order chi connectivity index (χ1) is 10.1. The van der Waals surface area contributed by atoms with Gasteiger partial charge in [-0.05, 0) is 57.2 Å². The van der Waals surface area contributed by atoms with Crippen LogP contribution in [0.1, 0.15) is 48.2 Å². The van der Waals surface area contributed by atoms with Gasteiger partial charge < -0.3 is 5.32 Å². The third-order valence-corrected chi connectivity index (χ3v) is 4.38. The van der Waals surface area contributed by atoms with Crippen molar-refractivity contribution in [3.8, 4) is 5.69 Å². The van der Waals surface area contributed by atoms with Crippen molar-refractivity contribution in [2.24, 2.45) is 0 Å². The van der Waals surface area contributed by atoms with Gasteiger partial charge in [-0.1, -0.05) is 19.1 Å². The maximum absolute atomic E-state index is 4.77. The monoisotopic (exact) mass is 283 g/mol. The van der Waals surface area contributed by atoms with Crippen molar-refractivity contribution in [1.29, 1.82) is 0 Å². The van der Waals surface area contributed by atoms with Gasteiger partial charge in [-0.15, -0.1) is 0 Å². The van der Waals surface area contributed by atoms with Gasteiger partial charge in [0.25, 0.3) is 0 Å². The zero-order valence-corrected chi connectivity index (χ0v) is 13.5. The number of nitrogens with zero attached hydrogens (tertiary/aromatic N) is 2. The van der Waals surface area contributed by atoms with Gasteiger partial charge in [0, 0.05) is 23.8 Å². The second-order valence-corrected chi connectivity index (χ2v) is 6.42. The molecule has 1 aromatic carbocycles. The molecule has 0 amide bonds. The number of aromatic nitrogens is 2. The van der Waals surface area contributed by atoms with Crippen molar-refractivity contribution in [1.82, 2.24) is 15.1 Å². The number of aryl methyl sites for hydroxylation is 2. The fourth-order valence-electron chi connectivity index (χ4n) is 3.11. The lowest BCUT2D eigenvalue weighted by Crippen LogP contribution is -2.22. The molecule has 1 unspecified atom stereocenters. The molecule has 2 aromatic rings. The van der Waals surface area contributed by atoms with E-state index in [4.69, 9.17) is 5.10 Å². The fourth-order valence-corrected chi connectivity index (χ4v) is 3.11. The second-order valence-electron chi connectivity index (χ2n) is 6.42. The topological polar surface area (TPSA) is 29.9 Å². The molecule has 1 aliphatic rings. The number of rotatable bonds is 5. The van der Waals surface area contributed by atoms with E-state index in [1.54, 1.807) is 0 Å². The number of benzene rings is 1. The van der Waals surface area contributed by atoms with Gasteiger partial charge in [-0.3, -0.25) is 0 Å². The molecule has 1 fully saturated rings. The Balaban J connectivity index is 1.88. The predicted molar refractivity (Wildman–Crippen MR) is 87.2 cm³/mol. The maximum Gasteiger partial charge on any atom is 0.0651 e. The van der Waals surface area contributed by atoms with E-state index in [1.165, 1.54) is 29.7 Å². The minimum absolute atomic E-state index is 0.504. The Labute approximate surface area is 127 Å². The van der Waals surface area contributed by atoms with E-state index >= 15 is 0 Å². The highest BCUT2D eigenvalue weighted by Crippen LogP contribution is 2.27. The van der Waals surface area contributed by atoms with E-state index < -0.39 is 0 Å². The average molecular weight is 283 g/mol. The van der Waals surface area contributed by atoms with Crippen molar-refractivity contribution in [2.45, 2.75) is 52.5 Å². The molecule has 0 aliphatic heterocycles. The number of hydrogen-bond acceptors (Lipinski definition) is 2. The third kappa shape index (κ3) is 3.03. The molecule has 0 radical (unpaired) electrons. The van der Waals surface area contributed by atoms with Crippen molar-refractivity contribution in [3.05, 3.63) is 46.8 Å². The zero-order chi connectivity index (χ0) is 15.0. The maximum atomic E-state index is 4.77. The largest absolute Gasteiger partial charge is 0.313 e. The first-order valence-electron chi connectivity index (χ1n) is 7.93. The summed E-state index contributed by atoms with van der Waals surface area (Å²) in [5.74, 6) is 0.504. The highest BCUT2D eigenvalue weighted by Gasteiger charge is 2.23. The SMILES string of the molecule is Cc1cccc(-n2nc(C)c(C(C)CNC3CC3)c2C)c1. The molecular formula is C18H25N3. The summed E-state index contributed by atoms with van der Waals surface area (Å²) in [5.41, 5.74) is 6.24. The molecule has 0 bridgehead atoms. The molecule has 112 valence electrons. The third-order valence-electron chi connectivity index (χ3n) is 4.38. The van der Waals surface area contributed by atoms with Crippen LogP contribution in [-0.2, 0) is 0 Å². The van der Waals surface area contributed by atoms with Gasteiger partial charge in [-0.2, -0.15) is 5.10 Å². The fraction of sp³-hybridized carbons (Fsp3) is 0.500. The first-order valence-corrected chi connectivity index (χ1v) is 7.93. The van der Waals surface area contributed by atoms with Gasteiger partial charge >= 0.3 is 0 Å². The first kappa shape index (κ1) is 14.3. The van der Waals surface area contributed by atoms with E-state index in [1.807, 2.05) is 0 Å². The molecule has 3 nitrogen and oxygen atoms in total. The molecule has 3 rings (SSSR count). The zero-order valence-electron chi connectivity index (χ0n) is 13.5. The quantitative estimate of drug-likeness (QED) is 0.907. The Kier molecular flexibility index (Phi) is 3.85. The van der Waals surface area contributed by atoms with Gasteiger partial charge in [0.15, 0.2) is 0 Å². The van der Waals surface area contributed by atoms with Crippen molar-refractivity contribution >= 4 is 0 Å². The van der Waals surface area contributed by atoms with Crippen LogP contribution in [0.3, 0.4) is 0 Å². The smallest absolute Gasteiger partial charge is 0.0651 e. The lowest BCUT2D eigenvalue weighted by molar-refractivity contribution is 0.608. The normalized spacial score (nSPS) is 16.2. The summed E-state index contributed by atoms with van der Waals surface area (Å²) in [4.78, 5) is 0. The van der Waals surface area contributed by atoms with Gasteiger partial charge in [-0.25, -0.2) is 4.68 Å². The van der Waals surface area contributed by atoms with E-state index in [0.29, 0.717) is 5.92 Å². The summed E-state index contributed by atoms with van der Waals surface area (Å²) in [6.07, 6.45) is 2.68. The molecule has 0 saturated heterocycles. The predicted octanol–water partition coefficient (Wildman–Crippen LogP) is 3.65. The van der Waals surface area contributed by atoms with Crippen molar-refractivity contribution in [3.63, 3.8) is 0 Å². The minimum atomic E-state index is 0.504. The van der Waals surface area contributed by atoms with Crippen LogP contribution in [0.5, 0.6) is 0 Å². The van der Waals surface area contributed by atoms with E-state index in [0.717, 1.165) is 24.0 Å². The van der Waals surface area contributed by atoms with Gasteiger partial charge in [0.1, 0.15) is 0 Å². The lowest BCUT2D eigenvalue weighted by Gasteiger charge is -2.13. The second kappa shape index (κ2) is 5.64. The highest BCUT2D eigenvalue weighted by molar-refractivity contribution is 5.40. The van der Waals surface area contributed by atoms with Crippen LogP contribution in [0.15, 0.2) is 24.3 Å². The molecule has 1 atom stereocenters.